The van der Waals surface area contributed by atoms with E-state index in [1.165, 1.54) is 11.1 Å². The topological polar surface area (TPSA) is 61.0 Å². The van der Waals surface area contributed by atoms with Crippen molar-refractivity contribution in [3.8, 4) is 0 Å². The molecule has 0 unspecified atom stereocenters. The first-order valence-corrected chi connectivity index (χ1v) is 8.70. The summed E-state index contributed by atoms with van der Waals surface area (Å²) in [5.41, 5.74) is 3.83. The zero-order valence-electron chi connectivity index (χ0n) is 14.2. The quantitative estimate of drug-likeness (QED) is 0.901. The minimum absolute atomic E-state index is 0.0636. The Hall–Kier alpha value is -2.14. The lowest BCUT2D eigenvalue weighted by Crippen LogP contribution is -2.46. The van der Waals surface area contributed by atoms with Crippen molar-refractivity contribution in [3.63, 3.8) is 0 Å². The van der Waals surface area contributed by atoms with E-state index in [0.717, 1.165) is 31.4 Å². The van der Waals surface area contributed by atoms with Gasteiger partial charge in [-0.05, 0) is 36.8 Å². The highest BCUT2D eigenvalue weighted by Crippen LogP contribution is 2.36. The van der Waals surface area contributed by atoms with Gasteiger partial charge in [-0.25, -0.2) is 4.98 Å². The van der Waals surface area contributed by atoms with Gasteiger partial charge in [-0.1, -0.05) is 24.3 Å². The predicted octanol–water partition coefficient (Wildman–Crippen LogP) is 1.84. The lowest BCUT2D eigenvalue weighted by molar-refractivity contribution is 0.262. The molecule has 0 amide bonds. The molecule has 4 rings (SSSR count). The molecular formula is C19H24N4O. The second-order valence-electron chi connectivity index (χ2n) is 7.29. The Labute approximate surface area is 142 Å². The number of anilines is 1. The van der Waals surface area contributed by atoms with E-state index in [2.05, 4.69) is 39.6 Å². The molecule has 0 saturated heterocycles. The van der Waals surface area contributed by atoms with Gasteiger partial charge in [0, 0.05) is 38.2 Å². The van der Waals surface area contributed by atoms with Crippen LogP contribution in [0.1, 0.15) is 35.6 Å². The maximum atomic E-state index is 11.8. The van der Waals surface area contributed by atoms with Gasteiger partial charge in [-0.15, -0.1) is 0 Å². The molecule has 5 heteroatoms. The van der Waals surface area contributed by atoms with Crippen molar-refractivity contribution < 1.29 is 0 Å². The summed E-state index contributed by atoms with van der Waals surface area (Å²) in [6.07, 6.45) is 4.39. The van der Waals surface area contributed by atoms with E-state index in [0.29, 0.717) is 23.9 Å². The molecule has 2 aliphatic carbocycles. The van der Waals surface area contributed by atoms with Crippen LogP contribution in [0.25, 0.3) is 0 Å². The molecule has 2 N–H and O–H groups in total. The number of fused-ring (bicyclic) bond motifs is 1. The first-order valence-electron chi connectivity index (χ1n) is 8.70. The van der Waals surface area contributed by atoms with Gasteiger partial charge in [0.05, 0.1) is 5.69 Å². The van der Waals surface area contributed by atoms with E-state index in [-0.39, 0.29) is 5.56 Å². The van der Waals surface area contributed by atoms with E-state index >= 15 is 0 Å². The van der Waals surface area contributed by atoms with E-state index in [1.807, 2.05) is 19.0 Å². The third-order valence-electron chi connectivity index (χ3n) is 5.25. The van der Waals surface area contributed by atoms with Crippen molar-refractivity contribution in [2.75, 3.05) is 19.0 Å². The molecule has 0 radical (unpaired) electrons. The number of rotatable bonds is 4. The molecule has 1 heterocycles. The predicted molar refractivity (Wildman–Crippen MR) is 95.7 cm³/mol. The van der Waals surface area contributed by atoms with Gasteiger partial charge in [0.2, 0.25) is 5.95 Å². The molecule has 126 valence electrons. The van der Waals surface area contributed by atoms with Gasteiger partial charge >= 0.3 is 0 Å². The number of hydrogen-bond acceptors (Lipinski definition) is 4. The fourth-order valence-corrected chi connectivity index (χ4v) is 3.89. The summed E-state index contributed by atoms with van der Waals surface area (Å²) in [5.74, 6) is 1.03. The van der Waals surface area contributed by atoms with Crippen LogP contribution in [0.5, 0.6) is 0 Å². The fourth-order valence-electron chi connectivity index (χ4n) is 3.89. The van der Waals surface area contributed by atoms with Crippen LogP contribution in [0, 0.1) is 0 Å². The molecule has 1 aromatic heterocycles. The van der Waals surface area contributed by atoms with Gasteiger partial charge in [-0.3, -0.25) is 9.78 Å². The molecule has 2 aromatic rings. The van der Waals surface area contributed by atoms with Gasteiger partial charge in [0.1, 0.15) is 0 Å². The largest absolute Gasteiger partial charge is 0.348 e. The molecule has 1 aromatic carbocycles. The van der Waals surface area contributed by atoms with Gasteiger partial charge in [0.25, 0.3) is 5.56 Å². The van der Waals surface area contributed by atoms with Crippen molar-refractivity contribution in [1.82, 2.24) is 15.3 Å². The van der Waals surface area contributed by atoms with Crippen LogP contribution >= 0.6 is 0 Å². The minimum Gasteiger partial charge on any atom is -0.348 e. The Bertz CT molecular complexity index is 767. The normalized spacial score (nSPS) is 22.9. The molecule has 5 nitrogen and oxygen atoms in total. The van der Waals surface area contributed by atoms with Crippen molar-refractivity contribution >= 4 is 5.95 Å². The average molecular weight is 324 g/mol. The highest BCUT2D eigenvalue weighted by Gasteiger charge is 2.34. The second kappa shape index (κ2) is 6.06. The molecule has 1 saturated carbocycles. The minimum atomic E-state index is -0.0636. The molecular weight excluding hydrogens is 300 g/mol. The molecule has 1 fully saturated rings. The Morgan fingerprint density at radius 1 is 1.12 bits per heavy atom. The first-order chi connectivity index (χ1) is 11.6. The van der Waals surface area contributed by atoms with E-state index in [4.69, 9.17) is 0 Å². The number of aromatic amines is 1. The SMILES string of the molecule is CN(C)c1nc(C2CC(NC3Cc4ccccc4C3)C2)cc(=O)[nH]1. The third kappa shape index (κ3) is 2.96. The van der Waals surface area contributed by atoms with E-state index in [9.17, 15) is 4.79 Å². The summed E-state index contributed by atoms with van der Waals surface area (Å²) in [6.45, 7) is 0. The Balaban J connectivity index is 1.35. The van der Waals surface area contributed by atoms with Crippen LogP contribution < -0.4 is 15.8 Å². The van der Waals surface area contributed by atoms with Crippen LogP contribution in [0.3, 0.4) is 0 Å². The highest BCUT2D eigenvalue weighted by molar-refractivity contribution is 5.33. The average Bonchev–Trinajstić information content (AvgIpc) is 2.92. The standard InChI is InChI=1S/C19H24N4O/c1-23(2)19-21-17(11-18(24)22-19)14-9-16(10-14)20-15-7-12-5-3-4-6-13(12)8-15/h3-6,11,14-16,20H,7-10H2,1-2H3,(H,21,22,24). The molecule has 0 bridgehead atoms. The highest BCUT2D eigenvalue weighted by atomic mass is 16.1. The van der Waals surface area contributed by atoms with Crippen LogP contribution in [-0.2, 0) is 12.8 Å². The lowest BCUT2D eigenvalue weighted by atomic mass is 9.77. The second-order valence-corrected chi connectivity index (χ2v) is 7.29. The number of nitrogens with one attached hydrogen (secondary N) is 2. The maximum Gasteiger partial charge on any atom is 0.252 e. The van der Waals surface area contributed by atoms with Crippen molar-refractivity contribution in [2.24, 2.45) is 0 Å². The Morgan fingerprint density at radius 2 is 1.79 bits per heavy atom. The summed E-state index contributed by atoms with van der Waals surface area (Å²) in [4.78, 5) is 21.0. The molecule has 0 atom stereocenters. The van der Waals surface area contributed by atoms with Crippen LogP contribution in [0.15, 0.2) is 35.1 Å². The number of benzene rings is 1. The van der Waals surface area contributed by atoms with E-state index < -0.39 is 0 Å². The van der Waals surface area contributed by atoms with Crippen LogP contribution in [-0.4, -0.2) is 36.1 Å². The monoisotopic (exact) mass is 324 g/mol. The third-order valence-corrected chi connectivity index (χ3v) is 5.25. The summed E-state index contributed by atoms with van der Waals surface area (Å²) in [7, 11) is 3.79. The lowest BCUT2D eigenvalue weighted by Gasteiger charge is -2.37. The van der Waals surface area contributed by atoms with Gasteiger partial charge in [0.15, 0.2) is 0 Å². The first kappa shape index (κ1) is 15.4. The molecule has 0 aliphatic heterocycles. The van der Waals surface area contributed by atoms with E-state index in [1.54, 1.807) is 6.07 Å². The Morgan fingerprint density at radius 3 is 2.42 bits per heavy atom. The summed E-state index contributed by atoms with van der Waals surface area (Å²) < 4.78 is 0. The van der Waals surface area contributed by atoms with Gasteiger partial charge < -0.3 is 10.2 Å². The van der Waals surface area contributed by atoms with Crippen LogP contribution in [0.4, 0.5) is 5.95 Å². The number of nitrogens with zero attached hydrogens (tertiary/aromatic N) is 2. The van der Waals surface area contributed by atoms with Crippen LogP contribution in [0.2, 0.25) is 0 Å². The zero-order valence-corrected chi connectivity index (χ0v) is 14.2. The number of aromatic nitrogens is 2. The molecule has 2 aliphatic rings. The van der Waals surface area contributed by atoms with Crippen molar-refractivity contribution in [3.05, 3.63) is 57.5 Å². The number of hydrogen-bond donors (Lipinski definition) is 2. The van der Waals surface area contributed by atoms with Crippen molar-refractivity contribution in [1.29, 1.82) is 0 Å². The summed E-state index contributed by atoms with van der Waals surface area (Å²) >= 11 is 0. The maximum absolute atomic E-state index is 11.8. The smallest absolute Gasteiger partial charge is 0.252 e. The fraction of sp³-hybridized carbons (Fsp3) is 0.474. The molecule has 0 spiro atoms. The Kier molecular flexibility index (Phi) is 3.88. The zero-order chi connectivity index (χ0) is 16.7. The molecule has 24 heavy (non-hydrogen) atoms. The van der Waals surface area contributed by atoms with Crippen molar-refractivity contribution in [2.45, 2.75) is 43.7 Å². The summed E-state index contributed by atoms with van der Waals surface area (Å²) in [5, 5.41) is 3.79. The number of H-pyrrole nitrogens is 1. The van der Waals surface area contributed by atoms with Gasteiger partial charge in [-0.2, -0.15) is 0 Å². The summed E-state index contributed by atoms with van der Waals surface area (Å²) in [6, 6.07) is 11.5.